The Hall–Kier alpha value is -4.03. The molecule has 3 aromatic heterocycles. The number of carbonyl (C=O) groups excluding carboxylic acids is 2. The molecule has 2 aliphatic heterocycles. The van der Waals surface area contributed by atoms with Crippen LogP contribution in [0.2, 0.25) is 0 Å². The molecule has 5 N–H and O–H groups in total. The van der Waals surface area contributed by atoms with Crippen LogP contribution < -0.4 is 11.1 Å². The van der Waals surface area contributed by atoms with Crippen LogP contribution in [0, 0.1) is 0 Å². The Morgan fingerprint density at radius 1 is 1.36 bits per heavy atom. The van der Waals surface area contributed by atoms with Crippen molar-refractivity contribution in [3.63, 3.8) is 0 Å². The van der Waals surface area contributed by atoms with E-state index >= 15 is 0 Å². The molecule has 5 heterocycles. The molecule has 184 valence electrons. The van der Waals surface area contributed by atoms with Gasteiger partial charge in [0.2, 0.25) is 0 Å². The second kappa shape index (κ2) is 9.55. The number of amides is 2. The number of fused-ring (bicyclic) bond motifs is 2. The van der Waals surface area contributed by atoms with Gasteiger partial charge in [0.25, 0.3) is 11.8 Å². The number of nitrogens with one attached hydrogen (secondary N) is 1. The average Bonchev–Trinajstić information content (AvgIpc) is 3.51. The van der Waals surface area contributed by atoms with Crippen LogP contribution in [0.15, 0.2) is 50.4 Å². The minimum Gasteiger partial charge on any atom is -0.477 e. The van der Waals surface area contributed by atoms with Gasteiger partial charge in [0.05, 0.1) is 0 Å². The number of nitrogens with zero attached hydrogens (tertiary/aromatic N) is 8. The molecule has 18 heteroatoms. The van der Waals surface area contributed by atoms with Gasteiger partial charge in [0.15, 0.2) is 16.5 Å². The molecule has 2 amide bonds. The maximum atomic E-state index is 12.8. The number of aliphatic carboxylic acids is 1. The number of carboxylic acid groups (broad SMARTS) is 1. The standard InChI is InChI=1S/C18H14N10O5S3/c19-18-20-8(6-36-18)11(24-33)14(29)21-12-15(30)27-13(17(31)32)7(5-35-16(12)27)3-4-34-10-2-1-9-22-25-26-28(9)23-10/h1-4,6,12,16,33H,5H2,(H2,19,20)(H,21,29)(H,31,32)/b4-3+,24-11?/t12-,16-/m1/s1. The van der Waals surface area contributed by atoms with E-state index < -0.39 is 34.9 Å². The Kier molecular flexibility index (Phi) is 6.29. The third-order valence-corrected chi connectivity index (χ3v) is 7.78. The smallest absolute Gasteiger partial charge is 0.352 e. The van der Waals surface area contributed by atoms with Gasteiger partial charge in [-0.15, -0.1) is 37.9 Å². The summed E-state index contributed by atoms with van der Waals surface area (Å²) in [6.07, 6.45) is 1.60. The van der Waals surface area contributed by atoms with Crippen LogP contribution in [0.3, 0.4) is 0 Å². The van der Waals surface area contributed by atoms with Crippen LogP contribution in [0.25, 0.3) is 5.65 Å². The number of carboxylic acids is 1. The van der Waals surface area contributed by atoms with E-state index in [0.717, 1.165) is 16.2 Å². The number of nitrogens with two attached hydrogens (primary N) is 1. The van der Waals surface area contributed by atoms with E-state index in [0.29, 0.717) is 16.2 Å². The lowest BCUT2D eigenvalue weighted by molar-refractivity contribution is -0.150. The van der Waals surface area contributed by atoms with Gasteiger partial charge in [-0.2, -0.15) is 0 Å². The van der Waals surface area contributed by atoms with Crippen molar-refractivity contribution in [3.8, 4) is 0 Å². The van der Waals surface area contributed by atoms with Gasteiger partial charge in [-0.05, 0) is 39.6 Å². The quantitative estimate of drug-likeness (QED) is 0.0992. The summed E-state index contributed by atoms with van der Waals surface area (Å²) in [7, 11) is 0. The molecule has 0 spiro atoms. The van der Waals surface area contributed by atoms with Crippen molar-refractivity contribution in [3.05, 3.63) is 46.0 Å². The zero-order valence-electron chi connectivity index (χ0n) is 17.7. The van der Waals surface area contributed by atoms with E-state index in [1.165, 1.54) is 33.5 Å². The minimum atomic E-state index is -1.27. The van der Waals surface area contributed by atoms with Crippen LogP contribution in [0.5, 0.6) is 0 Å². The number of anilines is 1. The predicted molar refractivity (Wildman–Crippen MR) is 128 cm³/mol. The van der Waals surface area contributed by atoms with Crippen molar-refractivity contribution in [2.24, 2.45) is 5.16 Å². The molecule has 0 aliphatic carbocycles. The third kappa shape index (κ3) is 4.25. The molecule has 0 saturated carbocycles. The Balaban J connectivity index is 1.30. The van der Waals surface area contributed by atoms with Gasteiger partial charge in [-0.25, -0.2) is 9.78 Å². The lowest BCUT2D eigenvalue weighted by atomic mass is 10.0. The zero-order chi connectivity index (χ0) is 25.4. The van der Waals surface area contributed by atoms with E-state index in [-0.39, 0.29) is 22.3 Å². The molecule has 0 bridgehead atoms. The lowest BCUT2D eigenvalue weighted by Gasteiger charge is -2.49. The summed E-state index contributed by atoms with van der Waals surface area (Å²) in [5.74, 6) is -2.43. The fourth-order valence-corrected chi connectivity index (χ4v) is 5.98. The second-order valence-electron chi connectivity index (χ2n) is 7.18. The van der Waals surface area contributed by atoms with Crippen LogP contribution in [-0.4, -0.2) is 86.1 Å². The van der Waals surface area contributed by atoms with Crippen molar-refractivity contribution in [2.45, 2.75) is 16.4 Å². The molecule has 0 unspecified atom stereocenters. The van der Waals surface area contributed by atoms with Crippen molar-refractivity contribution in [1.29, 1.82) is 0 Å². The highest BCUT2D eigenvalue weighted by molar-refractivity contribution is 8.02. The predicted octanol–water partition coefficient (Wildman–Crippen LogP) is -0.219. The molecule has 1 saturated heterocycles. The highest BCUT2D eigenvalue weighted by Crippen LogP contribution is 2.41. The number of carbonyl (C=O) groups is 3. The number of thiazole rings is 1. The van der Waals surface area contributed by atoms with Crippen LogP contribution in [0.1, 0.15) is 5.69 Å². The molecule has 15 nitrogen and oxygen atoms in total. The van der Waals surface area contributed by atoms with Gasteiger partial charge in [0, 0.05) is 11.1 Å². The van der Waals surface area contributed by atoms with E-state index in [9.17, 15) is 24.7 Å². The van der Waals surface area contributed by atoms with E-state index in [1.807, 2.05) is 0 Å². The Labute approximate surface area is 213 Å². The molecular weight excluding hydrogens is 532 g/mol. The molecule has 5 rings (SSSR count). The van der Waals surface area contributed by atoms with Crippen molar-refractivity contribution >= 4 is 69.1 Å². The van der Waals surface area contributed by atoms with Gasteiger partial charge in [-0.1, -0.05) is 16.9 Å². The van der Waals surface area contributed by atoms with E-state index in [4.69, 9.17) is 5.73 Å². The summed E-state index contributed by atoms with van der Waals surface area (Å²) in [4.78, 5) is 42.5. The third-order valence-electron chi connectivity index (χ3n) is 5.07. The number of oxime groups is 1. The number of rotatable bonds is 7. The summed E-state index contributed by atoms with van der Waals surface area (Å²) in [6.45, 7) is 0. The fraction of sp³-hybridized carbons (Fsp3) is 0.167. The highest BCUT2D eigenvalue weighted by atomic mass is 32.2. The van der Waals surface area contributed by atoms with E-state index in [1.54, 1.807) is 23.6 Å². The Bertz CT molecular complexity index is 1480. The molecule has 2 atom stereocenters. The summed E-state index contributed by atoms with van der Waals surface area (Å²) in [5.41, 5.74) is 5.95. The largest absolute Gasteiger partial charge is 0.477 e. The van der Waals surface area contributed by atoms with Crippen LogP contribution >= 0.6 is 34.9 Å². The zero-order valence-corrected chi connectivity index (χ0v) is 20.2. The second-order valence-corrected chi connectivity index (χ2v) is 10.1. The molecule has 0 radical (unpaired) electrons. The topological polar surface area (TPSA) is 214 Å². The minimum absolute atomic E-state index is 0.0576. The first kappa shape index (κ1) is 23.7. The number of tetrazole rings is 1. The van der Waals surface area contributed by atoms with Gasteiger partial charge < -0.3 is 21.4 Å². The SMILES string of the molecule is Nc1nc(C(=NO)C(=O)N[C@@H]2C(=O)N3C(C(=O)O)=C(/C=C/Sc4ccc5nnnn5n4)CS[C@H]23)cs1. The van der Waals surface area contributed by atoms with Crippen LogP contribution in [0.4, 0.5) is 5.13 Å². The van der Waals surface area contributed by atoms with Gasteiger partial charge in [0.1, 0.15) is 27.8 Å². The van der Waals surface area contributed by atoms with Crippen molar-refractivity contribution < 1.29 is 24.7 Å². The first-order valence-corrected chi connectivity index (χ1v) is 12.7. The molecule has 2 aliphatic rings. The van der Waals surface area contributed by atoms with Gasteiger partial charge >= 0.3 is 5.97 Å². The maximum absolute atomic E-state index is 12.8. The normalized spacial score (nSPS) is 20.1. The number of allylic oxidation sites excluding steroid dienone is 1. The summed E-state index contributed by atoms with van der Waals surface area (Å²) < 4.78 is 1.27. The number of nitrogen functional groups attached to an aromatic ring is 1. The molecule has 0 aromatic carbocycles. The number of hydrogen-bond donors (Lipinski definition) is 4. The number of aromatic nitrogens is 6. The first-order valence-electron chi connectivity index (χ1n) is 9.91. The van der Waals surface area contributed by atoms with Gasteiger partial charge in [-0.3, -0.25) is 14.5 Å². The van der Waals surface area contributed by atoms with Crippen molar-refractivity contribution in [2.75, 3.05) is 11.5 Å². The first-order chi connectivity index (χ1) is 17.4. The molecule has 36 heavy (non-hydrogen) atoms. The number of thioether (sulfide) groups is 2. The van der Waals surface area contributed by atoms with Crippen LogP contribution in [-0.2, 0) is 14.4 Å². The molecule has 3 aromatic rings. The maximum Gasteiger partial charge on any atom is 0.352 e. The monoisotopic (exact) mass is 546 g/mol. The Morgan fingerprint density at radius 2 is 2.19 bits per heavy atom. The van der Waals surface area contributed by atoms with E-state index in [2.05, 4.69) is 36.1 Å². The summed E-state index contributed by atoms with van der Waals surface area (Å²) in [5, 5.41) is 43.0. The van der Waals surface area contributed by atoms with Crippen molar-refractivity contribution in [1.82, 2.24) is 40.5 Å². The lowest BCUT2D eigenvalue weighted by Crippen LogP contribution is -2.71. The summed E-state index contributed by atoms with van der Waals surface area (Å²) in [6, 6.07) is 2.40. The Morgan fingerprint density at radius 3 is 2.92 bits per heavy atom. The molecule has 1 fully saturated rings. The number of hydrogen-bond acceptors (Lipinski definition) is 14. The number of β-lactam (4-membered cyclic amide) rings is 1. The fourth-order valence-electron chi connectivity index (χ4n) is 3.47. The molecular formula is C18H14N10O5S3. The highest BCUT2D eigenvalue weighted by Gasteiger charge is 2.54. The average molecular weight is 547 g/mol. The summed E-state index contributed by atoms with van der Waals surface area (Å²) >= 11 is 3.57.